The van der Waals surface area contributed by atoms with Gasteiger partial charge in [-0.15, -0.1) is 0 Å². The molecular weight excluding hydrogens is 751 g/mol. The third kappa shape index (κ3) is 6.85. The molecule has 6 heteroatoms. The molecule has 0 spiro atoms. The number of hydrogen-bond acceptors (Lipinski definition) is 4. The van der Waals surface area contributed by atoms with Crippen LogP contribution in [0.25, 0.3) is 22.3 Å². The Morgan fingerprint density at radius 3 is 1.72 bits per heavy atom. The highest BCUT2D eigenvalue weighted by Crippen LogP contribution is 2.57. The van der Waals surface area contributed by atoms with Gasteiger partial charge in [0.2, 0.25) is 0 Å². The van der Waals surface area contributed by atoms with E-state index in [0.717, 1.165) is 39.6 Å². The molecule has 290 valence electrons. The highest BCUT2D eigenvalue weighted by atomic mass is 32.2. The van der Waals surface area contributed by atoms with E-state index in [-0.39, 0.29) is 11.3 Å². The van der Waals surface area contributed by atoms with Gasteiger partial charge in [-0.25, -0.2) is 4.99 Å². The third-order valence-corrected chi connectivity index (χ3v) is 12.7. The van der Waals surface area contributed by atoms with E-state index >= 15 is 0 Å². The Morgan fingerprint density at radius 1 is 0.517 bits per heavy atom. The molecule has 2 aliphatic rings. The van der Waals surface area contributed by atoms with Crippen LogP contribution in [0, 0.1) is 5.41 Å². The van der Waals surface area contributed by atoms with Crippen molar-refractivity contribution in [2.75, 3.05) is 16.5 Å². The molecule has 2 aliphatic heterocycles. The summed E-state index contributed by atoms with van der Waals surface area (Å²) in [6.07, 6.45) is 0. The molecular formula is C54H43N5S. The van der Waals surface area contributed by atoms with Crippen molar-refractivity contribution < 1.29 is 0 Å². The number of rotatable bonds is 7. The fourth-order valence-electron chi connectivity index (χ4n) is 8.54. The maximum Gasteiger partial charge on any atom is 0.154 e. The number of amidine groups is 2. The van der Waals surface area contributed by atoms with Crippen molar-refractivity contribution in [1.82, 2.24) is 5.32 Å². The molecule has 2 heterocycles. The summed E-state index contributed by atoms with van der Waals surface area (Å²) >= 11 is 1.83. The highest BCUT2D eigenvalue weighted by molar-refractivity contribution is 7.99. The van der Waals surface area contributed by atoms with Crippen molar-refractivity contribution in [2.24, 2.45) is 4.99 Å². The largest absolute Gasteiger partial charge is 0.352 e. The molecule has 0 saturated carbocycles. The van der Waals surface area contributed by atoms with Gasteiger partial charge in [0, 0.05) is 43.4 Å². The fourth-order valence-corrected chi connectivity index (χ4v) is 9.61. The minimum Gasteiger partial charge on any atom is -0.352 e. The zero-order valence-corrected chi connectivity index (χ0v) is 34.3. The first kappa shape index (κ1) is 37.1. The number of aliphatic imine (C=N–C) groups is 1. The van der Waals surface area contributed by atoms with Gasteiger partial charge in [0.1, 0.15) is 5.84 Å². The molecule has 0 bridgehead atoms. The molecule has 8 aromatic rings. The van der Waals surface area contributed by atoms with E-state index in [4.69, 9.17) is 10.4 Å². The number of nitrogens with zero attached hydrogens (tertiary/aromatic N) is 3. The lowest BCUT2D eigenvalue weighted by atomic mass is 9.73. The van der Waals surface area contributed by atoms with Crippen molar-refractivity contribution >= 4 is 51.9 Å². The topological polar surface area (TPSA) is 54.7 Å². The predicted molar refractivity (Wildman–Crippen MR) is 251 cm³/mol. The summed E-state index contributed by atoms with van der Waals surface area (Å²) in [5, 5.41) is 12.7. The summed E-state index contributed by atoms with van der Waals surface area (Å²) < 4.78 is 0. The van der Waals surface area contributed by atoms with Crippen LogP contribution in [0.2, 0.25) is 0 Å². The smallest absolute Gasteiger partial charge is 0.154 e. The minimum atomic E-state index is -0.308. The average Bonchev–Trinajstić information content (AvgIpc) is 3.31. The lowest BCUT2D eigenvalue weighted by Gasteiger charge is -2.44. The second-order valence-corrected chi connectivity index (χ2v) is 16.8. The van der Waals surface area contributed by atoms with Gasteiger partial charge in [-0.3, -0.25) is 5.41 Å². The summed E-state index contributed by atoms with van der Waals surface area (Å²) in [5.74, 6) is 0.854. The quantitative estimate of drug-likeness (QED) is 0.125. The summed E-state index contributed by atoms with van der Waals surface area (Å²) in [7, 11) is 0. The van der Waals surface area contributed by atoms with Crippen molar-refractivity contribution in [2.45, 2.75) is 29.1 Å². The van der Waals surface area contributed by atoms with Gasteiger partial charge in [0.15, 0.2) is 5.84 Å². The van der Waals surface area contributed by atoms with E-state index in [1.54, 1.807) is 0 Å². The first-order valence-corrected chi connectivity index (χ1v) is 21.1. The number of hydrogen-bond donors (Lipinski definition) is 2. The molecule has 0 aromatic heterocycles. The van der Waals surface area contributed by atoms with Crippen molar-refractivity contribution in [3.05, 3.63) is 222 Å². The molecule has 0 amide bonds. The Hall–Kier alpha value is -7.15. The van der Waals surface area contributed by atoms with Crippen LogP contribution < -0.4 is 15.1 Å². The molecule has 0 fully saturated rings. The van der Waals surface area contributed by atoms with Crippen LogP contribution in [-0.2, 0) is 5.41 Å². The summed E-state index contributed by atoms with van der Waals surface area (Å²) in [6.45, 7) is 5.13. The van der Waals surface area contributed by atoms with E-state index in [1.807, 2.05) is 72.4 Å². The van der Waals surface area contributed by atoms with Gasteiger partial charge < -0.3 is 15.1 Å². The molecule has 0 saturated heterocycles. The lowest BCUT2D eigenvalue weighted by molar-refractivity contribution is 0.621. The van der Waals surface area contributed by atoms with Crippen LogP contribution in [-0.4, -0.2) is 18.3 Å². The van der Waals surface area contributed by atoms with Crippen LogP contribution in [0.4, 0.5) is 28.4 Å². The van der Waals surface area contributed by atoms with Gasteiger partial charge in [-0.2, -0.15) is 0 Å². The summed E-state index contributed by atoms with van der Waals surface area (Å²) in [4.78, 5) is 12.1. The monoisotopic (exact) mass is 793 g/mol. The van der Waals surface area contributed by atoms with Crippen LogP contribution in [0.1, 0.15) is 36.1 Å². The maximum atomic E-state index is 8.95. The maximum absolute atomic E-state index is 8.95. The van der Waals surface area contributed by atoms with Crippen molar-refractivity contribution in [1.29, 1.82) is 5.41 Å². The molecule has 60 heavy (non-hydrogen) atoms. The average molecular weight is 794 g/mol. The minimum absolute atomic E-state index is 0.207. The van der Waals surface area contributed by atoms with Gasteiger partial charge in [0.25, 0.3) is 0 Å². The first-order valence-electron chi connectivity index (χ1n) is 20.3. The van der Waals surface area contributed by atoms with Crippen molar-refractivity contribution in [3.8, 4) is 22.3 Å². The van der Waals surface area contributed by atoms with Crippen LogP contribution in [0.15, 0.2) is 215 Å². The molecule has 8 aromatic carbocycles. The number of para-hydroxylation sites is 2. The van der Waals surface area contributed by atoms with Crippen LogP contribution >= 0.6 is 11.8 Å². The van der Waals surface area contributed by atoms with Gasteiger partial charge in [-0.1, -0.05) is 177 Å². The zero-order chi connectivity index (χ0) is 40.6. The molecule has 5 nitrogen and oxygen atoms in total. The molecule has 2 N–H and O–H groups in total. The van der Waals surface area contributed by atoms with Crippen LogP contribution in [0.3, 0.4) is 0 Å². The number of fused-ring (bicyclic) bond motifs is 4. The first-order chi connectivity index (χ1) is 29.4. The Balaban J connectivity index is 1.12. The number of benzene rings is 8. The van der Waals surface area contributed by atoms with Gasteiger partial charge >= 0.3 is 0 Å². The normalized spacial score (nSPS) is 13.7. The Kier molecular flexibility index (Phi) is 9.63. The molecule has 0 atom stereocenters. The lowest BCUT2D eigenvalue weighted by Crippen LogP contribution is -2.41. The Bertz CT molecular complexity index is 2830. The Labute approximate surface area is 356 Å². The second kappa shape index (κ2) is 15.6. The molecule has 0 aliphatic carbocycles. The van der Waals surface area contributed by atoms with E-state index in [0.29, 0.717) is 12.5 Å². The van der Waals surface area contributed by atoms with E-state index in [1.165, 1.54) is 43.2 Å². The number of nitrogens with one attached hydrogen (secondary N) is 2. The van der Waals surface area contributed by atoms with E-state index in [2.05, 4.69) is 168 Å². The zero-order valence-electron chi connectivity index (χ0n) is 33.5. The molecule has 0 radical (unpaired) electrons. The second-order valence-electron chi connectivity index (χ2n) is 15.7. The standard InChI is InChI=1S/C54H43N5S/c1-54(2)44-27-15-16-28-46(44)58(36-56-53(40-25-13-6-14-26-40)57-52(55)39-23-11-5-12-24-39)48-35-51-49(34-45(48)54)59(47-29-17-18-30-50(47)60-51)43-32-41(37-19-7-3-8-20-37)31-42(33-43)38-21-9-4-10-22-38/h3-35H,36H2,1-2H3,(H2,55,56,57). The van der Waals surface area contributed by atoms with Gasteiger partial charge in [-0.05, 0) is 81.9 Å². The molecule has 0 unspecified atom stereocenters. The summed E-state index contributed by atoms with van der Waals surface area (Å²) in [6, 6.07) is 70.5. The predicted octanol–water partition coefficient (Wildman–Crippen LogP) is 13.8. The Morgan fingerprint density at radius 2 is 1.07 bits per heavy atom. The van der Waals surface area contributed by atoms with E-state index < -0.39 is 0 Å². The fraction of sp³-hybridized carbons (Fsp3) is 0.0741. The third-order valence-electron chi connectivity index (χ3n) is 11.6. The SMILES string of the molecule is CC1(C)c2ccccc2N(CNC(=NC(=N)c2ccccc2)c2ccccc2)c2cc3c(cc21)N(c1cc(-c2ccccc2)cc(-c2ccccc2)c1)c1ccccc1S3. The van der Waals surface area contributed by atoms with Crippen molar-refractivity contribution in [3.63, 3.8) is 0 Å². The van der Waals surface area contributed by atoms with Crippen LogP contribution in [0.5, 0.6) is 0 Å². The molecule has 10 rings (SSSR count). The van der Waals surface area contributed by atoms with E-state index in [9.17, 15) is 0 Å². The summed E-state index contributed by atoms with van der Waals surface area (Å²) in [5.41, 5.74) is 14.3. The number of anilines is 5. The highest BCUT2D eigenvalue weighted by Gasteiger charge is 2.39. The van der Waals surface area contributed by atoms with Gasteiger partial charge in [0.05, 0.1) is 18.0 Å².